The predicted molar refractivity (Wildman–Crippen MR) is 97.6 cm³/mol. The van der Waals surface area contributed by atoms with Gasteiger partial charge in [0.2, 0.25) is 5.91 Å². The van der Waals surface area contributed by atoms with Crippen molar-refractivity contribution in [3.8, 4) is 5.75 Å². The van der Waals surface area contributed by atoms with E-state index in [0.717, 1.165) is 6.07 Å². The maximum atomic E-state index is 13.7. The zero-order valence-electron chi connectivity index (χ0n) is 15.0. The lowest BCUT2D eigenvalue weighted by Gasteiger charge is -2.10. The number of hydrogen-bond acceptors (Lipinski definition) is 4. The first-order chi connectivity index (χ1) is 12.8. The van der Waals surface area contributed by atoms with Gasteiger partial charge in [-0.15, -0.1) is 0 Å². The van der Waals surface area contributed by atoms with Crippen molar-refractivity contribution in [1.82, 2.24) is 0 Å². The lowest BCUT2D eigenvalue weighted by atomic mass is 10.0. The standard InChI is InChI=1S/C20H20FNO5/c1-12(20(25)26)13-4-3-5-15(10-13)22-19(24)9-7-17(23)14-6-8-18(27-2)16(21)11-14/h3-6,8,10-12H,7,9H2,1-2H3,(H,22,24)(H,25,26). The molecular weight excluding hydrogens is 353 g/mol. The topological polar surface area (TPSA) is 92.7 Å². The molecule has 6 nitrogen and oxygen atoms in total. The second-order valence-electron chi connectivity index (χ2n) is 6.01. The first-order valence-electron chi connectivity index (χ1n) is 8.31. The van der Waals surface area contributed by atoms with Crippen LogP contribution in [0.5, 0.6) is 5.75 Å². The number of Topliss-reactive ketones (excluding diaryl/α,β-unsaturated/α-hetero) is 1. The van der Waals surface area contributed by atoms with Gasteiger partial charge in [-0.25, -0.2) is 4.39 Å². The number of carbonyl (C=O) groups is 3. The number of hydrogen-bond donors (Lipinski definition) is 2. The summed E-state index contributed by atoms with van der Waals surface area (Å²) in [5.74, 6) is -3.02. The van der Waals surface area contributed by atoms with Gasteiger partial charge in [0.1, 0.15) is 0 Å². The van der Waals surface area contributed by atoms with E-state index in [0.29, 0.717) is 11.3 Å². The van der Waals surface area contributed by atoms with Crippen LogP contribution in [0.3, 0.4) is 0 Å². The van der Waals surface area contributed by atoms with Crippen LogP contribution in [-0.2, 0) is 9.59 Å². The number of rotatable bonds is 8. The largest absolute Gasteiger partial charge is 0.494 e. The minimum atomic E-state index is -0.962. The fourth-order valence-electron chi connectivity index (χ4n) is 2.46. The van der Waals surface area contributed by atoms with Gasteiger partial charge >= 0.3 is 5.97 Å². The third-order valence-corrected chi connectivity index (χ3v) is 4.09. The van der Waals surface area contributed by atoms with Crippen LogP contribution >= 0.6 is 0 Å². The third kappa shape index (κ3) is 5.37. The monoisotopic (exact) mass is 373 g/mol. The first kappa shape index (κ1) is 20.1. The Labute approximate surface area is 156 Å². The number of nitrogens with one attached hydrogen (secondary N) is 1. The van der Waals surface area contributed by atoms with E-state index >= 15 is 0 Å². The van der Waals surface area contributed by atoms with E-state index in [1.165, 1.54) is 19.2 Å². The normalized spacial score (nSPS) is 11.5. The van der Waals surface area contributed by atoms with Gasteiger partial charge in [0.15, 0.2) is 17.3 Å². The molecular formula is C20H20FNO5. The molecule has 0 aliphatic heterocycles. The van der Waals surface area contributed by atoms with Crippen molar-refractivity contribution in [2.45, 2.75) is 25.7 Å². The number of carboxylic acid groups (broad SMARTS) is 1. The average Bonchev–Trinajstić information content (AvgIpc) is 2.65. The van der Waals surface area contributed by atoms with Gasteiger partial charge in [0.25, 0.3) is 0 Å². The molecule has 0 aromatic heterocycles. The summed E-state index contributed by atoms with van der Waals surface area (Å²) >= 11 is 0. The molecule has 1 amide bonds. The number of amides is 1. The molecule has 142 valence electrons. The molecule has 2 aromatic carbocycles. The van der Waals surface area contributed by atoms with Crippen molar-refractivity contribution in [2.24, 2.45) is 0 Å². The van der Waals surface area contributed by atoms with Gasteiger partial charge < -0.3 is 15.2 Å². The molecule has 2 aromatic rings. The highest BCUT2D eigenvalue weighted by molar-refractivity contribution is 6.00. The van der Waals surface area contributed by atoms with Crippen molar-refractivity contribution in [3.05, 3.63) is 59.4 Å². The molecule has 0 radical (unpaired) electrons. The molecule has 0 bridgehead atoms. The minimum absolute atomic E-state index is 0.0414. The molecule has 0 aliphatic rings. The van der Waals surface area contributed by atoms with Gasteiger partial charge in [0, 0.05) is 24.1 Å². The van der Waals surface area contributed by atoms with E-state index in [4.69, 9.17) is 9.84 Å². The van der Waals surface area contributed by atoms with Crippen LogP contribution in [0.15, 0.2) is 42.5 Å². The fraction of sp³-hybridized carbons (Fsp3) is 0.250. The Kier molecular flexibility index (Phi) is 6.65. The number of aliphatic carboxylic acids is 1. The Morgan fingerprint density at radius 2 is 1.89 bits per heavy atom. The van der Waals surface area contributed by atoms with E-state index in [2.05, 4.69) is 5.32 Å². The van der Waals surface area contributed by atoms with Crippen LogP contribution in [-0.4, -0.2) is 29.9 Å². The Morgan fingerprint density at radius 3 is 2.52 bits per heavy atom. The zero-order chi connectivity index (χ0) is 20.0. The molecule has 7 heteroatoms. The van der Waals surface area contributed by atoms with E-state index in [1.54, 1.807) is 31.2 Å². The highest BCUT2D eigenvalue weighted by Crippen LogP contribution is 2.21. The summed E-state index contributed by atoms with van der Waals surface area (Å²) < 4.78 is 18.5. The maximum Gasteiger partial charge on any atom is 0.310 e. The molecule has 0 fully saturated rings. The summed E-state index contributed by atoms with van der Waals surface area (Å²) in [6, 6.07) is 10.4. The fourth-order valence-corrected chi connectivity index (χ4v) is 2.46. The van der Waals surface area contributed by atoms with E-state index in [9.17, 15) is 18.8 Å². The minimum Gasteiger partial charge on any atom is -0.494 e. The SMILES string of the molecule is COc1ccc(C(=O)CCC(=O)Nc2cccc(C(C)C(=O)O)c2)cc1F. The zero-order valence-corrected chi connectivity index (χ0v) is 15.0. The van der Waals surface area contributed by atoms with E-state index in [1.807, 2.05) is 0 Å². The number of carbonyl (C=O) groups excluding carboxylic acids is 2. The number of methoxy groups -OCH3 is 1. The number of anilines is 1. The highest BCUT2D eigenvalue weighted by atomic mass is 19.1. The molecule has 1 atom stereocenters. The smallest absolute Gasteiger partial charge is 0.310 e. The van der Waals surface area contributed by atoms with Crippen LogP contribution < -0.4 is 10.1 Å². The Hall–Kier alpha value is -3.22. The number of halogens is 1. The summed E-state index contributed by atoms with van der Waals surface area (Å²) in [4.78, 5) is 35.2. The van der Waals surface area contributed by atoms with E-state index in [-0.39, 0.29) is 29.9 Å². The van der Waals surface area contributed by atoms with Crippen molar-refractivity contribution in [2.75, 3.05) is 12.4 Å². The number of ketones is 1. The summed E-state index contributed by atoms with van der Waals surface area (Å²) in [6.07, 6.45) is -0.159. The molecule has 2 rings (SSSR count). The van der Waals surface area contributed by atoms with Crippen LogP contribution in [0.1, 0.15) is 41.6 Å². The van der Waals surface area contributed by atoms with Crippen molar-refractivity contribution >= 4 is 23.3 Å². The first-order valence-corrected chi connectivity index (χ1v) is 8.31. The molecule has 0 aliphatic carbocycles. The molecule has 0 heterocycles. The van der Waals surface area contributed by atoms with Crippen molar-refractivity contribution < 1.29 is 28.6 Å². The Morgan fingerprint density at radius 1 is 1.15 bits per heavy atom. The molecule has 0 saturated heterocycles. The molecule has 27 heavy (non-hydrogen) atoms. The summed E-state index contributed by atoms with van der Waals surface area (Å²) in [6.45, 7) is 1.55. The van der Waals surface area contributed by atoms with Gasteiger partial charge in [-0.2, -0.15) is 0 Å². The molecule has 0 spiro atoms. The average molecular weight is 373 g/mol. The third-order valence-electron chi connectivity index (χ3n) is 4.09. The lowest BCUT2D eigenvalue weighted by Crippen LogP contribution is -2.14. The number of carboxylic acids is 1. The van der Waals surface area contributed by atoms with Gasteiger partial charge in [-0.3, -0.25) is 14.4 Å². The highest BCUT2D eigenvalue weighted by Gasteiger charge is 2.15. The Balaban J connectivity index is 1.94. The molecule has 1 unspecified atom stereocenters. The maximum absolute atomic E-state index is 13.7. The quantitative estimate of drug-likeness (QED) is 0.690. The summed E-state index contributed by atoms with van der Waals surface area (Å²) in [7, 11) is 1.33. The van der Waals surface area contributed by atoms with Crippen LogP contribution in [0, 0.1) is 5.82 Å². The van der Waals surface area contributed by atoms with Crippen LogP contribution in [0.2, 0.25) is 0 Å². The molecule has 2 N–H and O–H groups in total. The Bertz CT molecular complexity index is 865. The van der Waals surface area contributed by atoms with Gasteiger partial charge in [-0.05, 0) is 42.8 Å². The lowest BCUT2D eigenvalue weighted by molar-refractivity contribution is -0.138. The van der Waals surface area contributed by atoms with Crippen LogP contribution in [0.4, 0.5) is 10.1 Å². The summed E-state index contributed by atoms with van der Waals surface area (Å²) in [5, 5.41) is 11.7. The number of ether oxygens (including phenoxy) is 1. The molecule has 0 saturated carbocycles. The number of benzene rings is 2. The second kappa shape index (κ2) is 8.93. The second-order valence-corrected chi connectivity index (χ2v) is 6.01. The predicted octanol–water partition coefficient (Wildman–Crippen LogP) is 3.62. The van der Waals surface area contributed by atoms with Crippen molar-refractivity contribution in [3.63, 3.8) is 0 Å². The van der Waals surface area contributed by atoms with Gasteiger partial charge in [0.05, 0.1) is 13.0 Å². The van der Waals surface area contributed by atoms with Crippen molar-refractivity contribution in [1.29, 1.82) is 0 Å². The van der Waals surface area contributed by atoms with E-state index < -0.39 is 23.6 Å². The van der Waals surface area contributed by atoms with Crippen LogP contribution in [0.25, 0.3) is 0 Å². The van der Waals surface area contributed by atoms with Gasteiger partial charge in [-0.1, -0.05) is 12.1 Å². The summed E-state index contributed by atoms with van der Waals surface area (Å²) in [5.41, 5.74) is 1.18.